The van der Waals surface area contributed by atoms with E-state index in [2.05, 4.69) is 179 Å². The summed E-state index contributed by atoms with van der Waals surface area (Å²) >= 11 is 0. The summed E-state index contributed by atoms with van der Waals surface area (Å²) < 4.78 is 4.87. The first kappa shape index (κ1) is 25.2. The minimum atomic E-state index is 1.16. The molecule has 0 fully saturated rings. The van der Waals surface area contributed by atoms with Gasteiger partial charge in [-0.3, -0.25) is 0 Å². The predicted molar refractivity (Wildman–Crippen MR) is 196 cm³/mol. The van der Waals surface area contributed by atoms with Crippen LogP contribution in [0, 0.1) is 0 Å². The van der Waals surface area contributed by atoms with Crippen LogP contribution in [0.3, 0.4) is 0 Å². The lowest BCUT2D eigenvalue weighted by atomic mass is 10.0. The van der Waals surface area contributed by atoms with Crippen molar-refractivity contribution in [2.75, 3.05) is 0 Å². The fraction of sp³-hybridized carbons (Fsp3) is 0. The molecule has 0 saturated carbocycles. The molecular formula is C44H28N2. The minimum absolute atomic E-state index is 1.16. The number of fused-ring (bicyclic) bond motifs is 10. The van der Waals surface area contributed by atoms with Gasteiger partial charge in [-0.15, -0.1) is 0 Å². The zero-order chi connectivity index (χ0) is 30.2. The van der Waals surface area contributed by atoms with Gasteiger partial charge in [-0.2, -0.15) is 0 Å². The second-order valence-electron chi connectivity index (χ2n) is 12.2. The van der Waals surface area contributed by atoms with Crippen molar-refractivity contribution < 1.29 is 0 Å². The zero-order valence-electron chi connectivity index (χ0n) is 25.1. The molecule has 10 rings (SSSR count). The van der Waals surface area contributed by atoms with Crippen molar-refractivity contribution in [1.29, 1.82) is 0 Å². The highest BCUT2D eigenvalue weighted by molar-refractivity contribution is 6.29. The lowest BCUT2D eigenvalue weighted by Crippen LogP contribution is -1.95. The van der Waals surface area contributed by atoms with Gasteiger partial charge >= 0.3 is 0 Å². The van der Waals surface area contributed by atoms with E-state index in [4.69, 9.17) is 0 Å². The first-order chi connectivity index (χ1) is 22.8. The number of rotatable bonds is 3. The molecule has 8 aromatic carbocycles. The quantitative estimate of drug-likeness (QED) is 0.183. The summed E-state index contributed by atoms with van der Waals surface area (Å²) in [6.07, 6.45) is 0. The highest BCUT2D eigenvalue weighted by Crippen LogP contribution is 2.42. The summed E-state index contributed by atoms with van der Waals surface area (Å²) in [5, 5.41) is 10.2. The zero-order valence-corrected chi connectivity index (χ0v) is 25.1. The average molecular weight is 585 g/mol. The normalized spacial score (nSPS) is 11.9. The van der Waals surface area contributed by atoms with Gasteiger partial charge in [0, 0.05) is 32.9 Å². The molecule has 0 N–H and O–H groups in total. The molecule has 2 heterocycles. The summed E-state index contributed by atoms with van der Waals surface area (Å²) in [5.41, 5.74) is 9.65. The number of hydrogen-bond donors (Lipinski definition) is 0. The van der Waals surface area contributed by atoms with Crippen molar-refractivity contribution in [3.05, 3.63) is 170 Å². The summed E-state index contributed by atoms with van der Waals surface area (Å²) in [4.78, 5) is 0. The molecule has 0 atom stereocenters. The van der Waals surface area contributed by atoms with Crippen LogP contribution in [0.25, 0.3) is 87.7 Å². The van der Waals surface area contributed by atoms with Crippen molar-refractivity contribution in [1.82, 2.24) is 9.13 Å². The Morgan fingerprint density at radius 1 is 0.283 bits per heavy atom. The summed E-state index contributed by atoms with van der Waals surface area (Å²) in [5.74, 6) is 0. The summed E-state index contributed by atoms with van der Waals surface area (Å²) in [7, 11) is 0. The largest absolute Gasteiger partial charge is 0.309 e. The van der Waals surface area contributed by atoms with E-state index in [9.17, 15) is 0 Å². The predicted octanol–water partition coefficient (Wildman–Crippen LogP) is 11.9. The van der Waals surface area contributed by atoms with Gasteiger partial charge in [-0.05, 0) is 81.2 Å². The Hall–Kier alpha value is -6.12. The van der Waals surface area contributed by atoms with Crippen molar-refractivity contribution in [2.45, 2.75) is 0 Å². The van der Waals surface area contributed by atoms with Crippen molar-refractivity contribution in [3.8, 4) is 22.5 Å². The molecule has 10 aromatic rings. The third-order valence-corrected chi connectivity index (χ3v) is 9.69. The maximum Gasteiger partial charge on any atom is 0.0548 e. The van der Waals surface area contributed by atoms with Gasteiger partial charge in [0.1, 0.15) is 0 Å². The minimum Gasteiger partial charge on any atom is -0.309 e. The second-order valence-corrected chi connectivity index (χ2v) is 12.2. The van der Waals surface area contributed by atoms with E-state index < -0.39 is 0 Å². The molecular weight excluding hydrogens is 556 g/mol. The molecule has 0 aliphatic heterocycles. The van der Waals surface area contributed by atoms with E-state index in [1.807, 2.05) is 0 Å². The average Bonchev–Trinajstić information content (AvgIpc) is 3.65. The van der Waals surface area contributed by atoms with Crippen LogP contribution in [0.1, 0.15) is 0 Å². The van der Waals surface area contributed by atoms with Gasteiger partial charge in [0.2, 0.25) is 0 Å². The molecule has 0 spiro atoms. The Bertz CT molecular complexity index is 2780. The molecule has 0 radical (unpaired) electrons. The Morgan fingerprint density at radius 3 is 1.48 bits per heavy atom. The standard InChI is InChI=1S/C44H28N2/c1-2-10-29(11-3-1)30-20-22-33(23-21-30)45-39-16-8-6-14-37(39)43-41(45)26-27-42-44(43)38-15-7-9-17-40(38)46(42)34-24-25-36-32(28-34)19-18-31-12-4-5-13-35(31)36/h1-28H. The van der Waals surface area contributed by atoms with E-state index in [0.29, 0.717) is 0 Å². The lowest BCUT2D eigenvalue weighted by molar-refractivity contribution is 1.17. The molecule has 0 saturated heterocycles. The van der Waals surface area contributed by atoms with E-state index in [-0.39, 0.29) is 0 Å². The molecule has 46 heavy (non-hydrogen) atoms. The topological polar surface area (TPSA) is 9.86 Å². The van der Waals surface area contributed by atoms with Gasteiger partial charge in [0.15, 0.2) is 0 Å². The van der Waals surface area contributed by atoms with Crippen LogP contribution in [0.4, 0.5) is 0 Å². The molecule has 0 aliphatic rings. The summed E-state index contributed by atoms with van der Waals surface area (Å²) in [6, 6.07) is 61.9. The SMILES string of the molecule is c1ccc(-c2ccc(-n3c4ccccc4c4c5c6ccccc6n(-c6ccc7c(ccc8ccccc87)c6)c5ccc43)cc2)cc1. The molecule has 0 aliphatic carbocycles. The fourth-order valence-electron chi connectivity index (χ4n) is 7.65. The Kier molecular flexibility index (Phi) is 5.31. The third kappa shape index (κ3) is 3.59. The lowest BCUT2D eigenvalue weighted by Gasteiger charge is -2.11. The second kappa shape index (κ2) is 9.69. The molecule has 214 valence electrons. The van der Waals surface area contributed by atoms with Crippen molar-refractivity contribution >= 4 is 65.2 Å². The number of benzene rings is 8. The number of para-hydroxylation sites is 2. The van der Waals surface area contributed by atoms with Crippen LogP contribution >= 0.6 is 0 Å². The van der Waals surface area contributed by atoms with Crippen molar-refractivity contribution in [3.63, 3.8) is 0 Å². The molecule has 2 nitrogen and oxygen atoms in total. The van der Waals surface area contributed by atoms with Crippen LogP contribution in [0.5, 0.6) is 0 Å². The maximum absolute atomic E-state index is 2.44. The fourth-order valence-corrected chi connectivity index (χ4v) is 7.65. The molecule has 2 heteroatoms. The van der Waals surface area contributed by atoms with Gasteiger partial charge in [-0.1, -0.05) is 121 Å². The first-order valence-corrected chi connectivity index (χ1v) is 15.9. The van der Waals surface area contributed by atoms with E-state index >= 15 is 0 Å². The van der Waals surface area contributed by atoms with Gasteiger partial charge < -0.3 is 9.13 Å². The Balaban J connectivity index is 1.25. The third-order valence-electron chi connectivity index (χ3n) is 9.69. The van der Waals surface area contributed by atoms with Crippen LogP contribution in [-0.2, 0) is 0 Å². The number of hydrogen-bond acceptors (Lipinski definition) is 0. The Morgan fingerprint density at radius 2 is 0.783 bits per heavy atom. The number of aromatic nitrogens is 2. The monoisotopic (exact) mass is 584 g/mol. The van der Waals surface area contributed by atoms with Gasteiger partial charge in [0.05, 0.1) is 22.1 Å². The van der Waals surface area contributed by atoms with Crippen LogP contribution < -0.4 is 0 Å². The first-order valence-electron chi connectivity index (χ1n) is 15.9. The highest BCUT2D eigenvalue weighted by Gasteiger charge is 2.20. The smallest absolute Gasteiger partial charge is 0.0548 e. The van der Waals surface area contributed by atoms with Crippen LogP contribution in [0.2, 0.25) is 0 Å². The van der Waals surface area contributed by atoms with E-state index in [0.717, 1.165) is 5.69 Å². The molecule has 2 aromatic heterocycles. The van der Waals surface area contributed by atoms with Gasteiger partial charge in [0.25, 0.3) is 0 Å². The van der Waals surface area contributed by atoms with Crippen LogP contribution in [0.15, 0.2) is 170 Å². The number of nitrogens with zero attached hydrogens (tertiary/aromatic N) is 2. The maximum atomic E-state index is 2.44. The molecule has 0 unspecified atom stereocenters. The molecule has 0 amide bonds. The highest BCUT2D eigenvalue weighted by atomic mass is 15.0. The Labute approximate surface area is 266 Å². The summed E-state index contributed by atoms with van der Waals surface area (Å²) in [6.45, 7) is 0. The van der Waals surface area contributed by atoms with Gasteiger partial charge in [-0.25, -0.2) is 0 Å². The molecule has 0 bridgehead atoms. The van der Waals surface area contributed by atoms with Crippen molar-refractivity contribution in [2.24, 2.45) is 0 Å². The van der Waals surface area contributed by atoms with Crippen LogP contribution in [-0.4, -0.2) is 9.13 Å². The van der Waals surface area contributed by atoms with E-state index in [1.165, 1.54) is 82.0 Å². The van der Waals surface area contributed by atoms with E-state index in [1.54, 1.807) is 0 Å².